The number of carboxylic acids is 1. The van der Waals surface area contributed by atoms with Gasteiger partial charge in [0.05, 0.1) is 5.02 Å². The number of hydrogen-bond acceptors (Lipinski definition) is 2. The molecule has 0 unspecified atom stereocenters. The summed E-state index contributed by atoms with van der Waals surface area (Å²) in [7, 11) is 0. The second-order valence-electron chi connectivity index (χ2n) is 3.68. The molecule has 1 N–H and O–H groups in total. The van der Waals surface area contributed by atoms with Gasteiger partial charge in [-0.1, -0.05) is 54.1 Å². The van der Waals surface area contributed by atoms with Gasteiger partial charge in [0, 0.05) is 4.90 Å². The Balaban J connectivity index is 2.28. The van der Waals surface area contributed by atoms with Crippen LogP contribution in [-0.4, -0.2) is 11.1 Å². The lowest BCUT2D eigenvalue weighted by molar-refractivity contribution is -0.136. The first-order valence-corrected chi connectivity index (χ1v) is 6.63. The van der Waals surface area contributed by atoms with E-state index < -0.39 is 11.2 Å². The van der Waals surface area contributed by atoms with Crippen molar-refractivity contribution in [3.05, 3.63) is 65.2 Å². The standard InChI is InChI=1S/C14H11ClO2S/c15-11-8-4-5-9-12(11)18-13(14(16)17)10-6-2-1-3-7-10/h1-9,13H,(H,16,17)/t13-/m0/s1. The van der Waals surface area contributed by atoms with Gasteiger partial charge < -0.3 is 5.11 Å². The van der Waals surface area contributed by atoms with E-state index in [2.05, 4.69) is 0 Å². The minimum Gasteiger partial charge on any atom is -0.480 e. The van der Waals surface area contributed by atoms with Crippen LogP contribution < -0.4 is 0 Å². The van der Waals surface area contributed by atoms with Crippen molar-refractivity contribution < 1.29 is 9.90 Å². The highest BCUT2D eigenvalue weighted by molar-refractivity contribution is 8.00. The number of halogens is 1. The van der Waals surface area contributed by atoms with Crippen LogP contribution in [0.4, 0.5) is 0 Å². The minimum absolute atomic E-state index is 0.574. The summed E-state index contributed by atoms with van der Waals surface area (Å²) in [6, 6.07) is 16.4. The maximum absolute atomic E-state index is 11.4. The number of carbonyl (C=O) groups is 1. The van der Waals surface area contributed by atoms with Crippen LogP contribution >= 0.6 is 23.4 Å². The minimum atomic E-state index is -0.869. The first-order valence-electron chi connectivity index (χ1n) is 5.37. The molecule has 0 aliphatic rings. The molecule has 2 aromatic carbocycles. The molecule has 0 fully saturated rings. The summed E-state index contributed by atoms with van der Waals surface area (Å²) < 4.78 is 0. The molecule has 0 bridgehead atoms. The molecule has 1 atom stereocenters. The van der Waals surface area contributed by atoms with Gasteiger partial charge in [-0.3, -0.25) is 4.79 Å². The Kier molecular flexibility index (Phi) is 4.28. The monoisotopic (exact) mass is 278 g/mol. The highest BCUT2D eigenvalue weighted by Gasteiger charge is 2.21. The van der Waals surface area contributed by atoms with E-state index in [9.17, 15) is 9.90 Å². The largest absolute Gasteiger partial charge is 0.480 e. The van der Waals surface area contributed by atoms with E-state index in [0.717, 1.165) is 10.5 Å². The molecule has 0 spiro atoms. The molecular weight excluding hydrogens is 268 g/mol. The van der Waals surface area contributed by atoms with Gasteiger partial charge in [-0.15, -0.1) is 11.8 Å². The normalized spacial score (nSPS) is 12.1. The third-order valence-electron chi connectivity index (χ3n) is 2.41. The van der Waals surface area contributed by atoms with Crippen molar-refractivity contribution in [1.29, 1.82) is 0 Å². The van der Waals surface area contributed by atoms with Crippen LogP contribution in [0.5, 0.6) is 0 Å². The van der Waals surface area contributed by atoms with Crippen molar-refractivity contribution in [2.45, 2.75) is 10.1 Å². The molecule has 0 radical (unpaired) electrons. The van der Waals surface area contributed by atoms with Crippen molar-refractivity contribution >= 4 is 29.3 Å². The first kappa shape index (κ1) is 13.0. The summed E-state index contributed by atoms with van der Waals surface area (Å²) in [4.78, 5) is 12.1. The summed E-state index contributed by atoms with van der Waals surface area (Å²) >= 11 is 7.29. The van der Waals surface area contributed by atoms with Crippen molar-refractivity contribution in [3.8, 4) is 0 Å². The Morgan fingerprint density at radius 1 is 1.06 bits per heavy atom. The van der Waals surface area contributed by atoms with Gasteiger partial charge in [0.2, 0.25) is 0 Å². The van der Waals surface area contributed by atoms with E-state index in [1.165, 1.54) is 11.8 Å². The lowest BCUT2D eigenvalue weighted by Gasteiger charge is -2.13. The maximum atomic E-state index is 11.4. The predicted octanol–water partition coefficient (Wildman–Crippen LogP) is 4.26. The fourth-order valence-electron chi connectivity index (χ4n) is 1.56. The second kappa shape index (κ2) is 5.94. The molecule has 0 aromatic heterocycles. The molecule has 0 aliphatic carbocycles. The summed E-state index contributed by atoms with van der Waals surface area (Å²) in [5, 5.41) is 9.24. The topological polar surface area (TPSA) is 37.3 Å². The fraction of sp³-hybridized carbons (Fsp3) is 0.0714. The van der Waals surface area contributed by atoms with Crippen LogP contribution in [0.2, 0.25) is 5.02 Å². The Labute approximate surface area is 115 Å². The van der Waals surface area contributed by atoms with Crippen LogP contribution in [-0.2, 0) is 4.79 Å². The molecule has 2 nitrogen and oxygen atoms in total. The zero-order valence-corrected chi connectivity index (χ0v) is 11.0. The zero-order valence-electron chi connectivity index (χ0n) is 9.42. The van der Waals surface area contributed by atoms with Gasteiger partial charge in [0.15, 0.2) is 0 Å². The van der Waals surface area contributed by atoms with E-state index >= 15 is 0 Å². The highest BCUT2D eigenvalue weighted by Crippen LogP contribution is 2.38. The Morgan fingerprint density at radius 3 is 2.28 bits per heavy atom. The van der Waals surface area contributed by atoms with Gasteiger partial charge >= 0.3 is 5.97 Å². The second-order valence-corrected chi connectivity index (χ2v) is 5.23. The Hall–Kier alpha value is -1.45. The first-order chi connectivity index (χ1) is 8.68. The molecule has 0 saturated carbocycles. The summed E-state index contributed by atoms with van der Waals surface area (Å²) in [5.41, 5.74) is 0.759. The van der Waals surface area contributed by atoms with E-state index in [4.69, 9.17) is 11.6 Å². The van der Waals surface area contributed by atoms with Crippen LogP contribution in [0.3, 0.4) is 0 Å². The molecule has 92 valence electrons. The van der Waals surface area contributed by atoms with Gasteiger partial charge in [-0.2, -0.15) is 0 Å². The van der Waals surface area contributed by atoms with Gasteiger partial charge in [-0.25, -0.2) is 0 Å². The smallest absolute Gasteiger partial charge is 0.321 e. The molecule has 0 heterocycles. The van der Waals surface area contributed by atoms with E-state index in [1.807, 2.05) is 48.5 Å². The van der Waals surface area contributed by atoms with Crippen molar-refractivity contribution in [2.24, 2.45) is 0 Å². The average molecular weight is 279 g/mol. The van der Waals surface area contributed by atoms with E-state index in [1.54, 1.807) is 6.07 Å². The summed E-state index contributed by atoms with van der Waals surface area (Å²) in [6.07, 6.45) is 0. The number of carboxylic acid groups (broad SMARTS) is 1. The van der Waals surface area contributed by atoms with E-state index in [0.29, 0.717) is 5.02 Å². The van der Waals surface area contributed by atoms with Gasteiger partial charge in [0.1, 0.15) is 5.25 Å². The van der Waals surface area contributed by atoms with Crippen molar-refractivity contribution in [2.75, 3.05) is 0 Å². The third kappa shape index (κ3) is 3.06. The molecule has 0 aliphatic heterocycles. The maximum Gasteiger partial charge on any atom is 0.321 e. The molecule has 2 aromatic rings. The predicted molar refractivity (Wildman–Crippen MR) is 74.1 cm³/mol. The number of hydrogen-bond donors (Lipinski definition) is 1. The van der Waals surface area contributed by atoms with Gasteiger partial charge in [-0.05, 0) is 17.7 Å². The molecule has 0 amide bonds. The summed E-state index contributed by atoms with van der Waals surface area (Å²) in [5.74, 6) is -0.869. The third-order valence-corrected chi connectivity index (χ3v) is 4.17. The van der Waals surface area contributed by atoms with Crippen LogP contribution in [0.15, 0.2) is 59.5 Å². The van der Waals surface area contributed by atoms with Crippen LogP contribution in [0.1, 0.15) is 10.8 Å². The van der Waals surface area contributed by atoms with Crippen LogP contribution in [0.25, 0.3) is 0 Å². The van der Waals surface area contributed by atoms with Gasteiger partial charge in [0.25, 0.3) is 0 Å². The highest BCUT2D eigenvalue weighted by atomic mass is 35.5. The van der Waals surface area contributed by atoms with Crippen LogP contribution in [0, 0.1) is 0 Å². The fourth-order valence-corrected chi connectivity index (χ4v) is 2.81. The average Bonchev–Trinajstić information content (AvgIpc) is 2.38. The molecule has 2 rings (SSSR count). The van der Waals surface area contributed by atoms with Crippen molar-refractivity contribution in [1.82, 2.24) is 0 Å². The Bertz CT molecular complexity index is 543. The SMILES string of the molecule is O=C(O)[C@@H](Sc1ccccc1Cl)c1ccccc1. The zero-order chi connectivity index (χ0) is 13.0. The Morgan fingerprint density at radius 2 is 1.67 bits per heavy atom. The summed E-state index contributed by atoms with van der Waals surface area (Å²) in [6.45, 7) is 0. The molecule has 18 heavy (non-hydrogen) atoms. The molecule has 4 heteroatoms. The van der Waals surface area contributed by atoms with Crippen molar-refractivity contribution in [3.63, 3.8) is 0 Å². The number of thioether (sulfide) groups is 1. The lowest BCUT2D eigenvalue weighted by Crippen LogP contribution is -2.07. The van der Waals surface area contributed by atoms with E-state index in [-0.39, 0.29) is 0 Å². The lowest BCUT2D eigenvalue weighted by atomic mass is 10.1. The number of benzene rings is 2. The number of rotatable bonds is 4. The quantitative estimate of drug-likeness (QED) is 0.849. The number of aliphatic carboxylic acids is 1. The molecular formula is C14H11ClO2S. The molecule has 0 saturated heterocycles.